The fourth-order valence-corrected chi connectivity index (χ4v) is 19.0. The molecule has 7 heterocycles. The van der Waals surface area contributed by atoms with Crippen LogP contribution in [0.3, 0.4) is 0 Å². The number of aromatic nitrogens is 3. The lowest BCUT2D eigenvalue weighted by Crippen LogP contribution is -2.51. The largest absolute Gasteiger partial charge is 0.501 e. The smallest absolute Gasteiger partial charge is 0.493 e. The van der Waals surface area contributed by atoms with Gasteiger partial charge in [-0.3, -0.25) is 48.3 Å². The van der Waals surface area contributed by atoms with Crippen molar-refractivity contribution >= 4 is 69.6 Å². The number of hydrogen-bond acceptors (Lipinski definition) is 26. The molecule has 136 heavy (non-hydrogen) atoms. The number of carbonyl (C=O) groups is 6. The van der Waals surface area contributed by atoms with E-state index in [1.165, 1.54) is 66.7 Å². The van der Waals surface area contributed by atoms with Gasteiger partial charge in [-0.15, -0.1) is 13.5 Å². The number of benzene rings is 7. The topological polar surface area (TPSA) is 388 Å². The molecule has 7 aliphatic rings. The molecule has 1 saturated carbocycles. The number of nitrogens with one attached hydrogen (secondary N) is 2. The summed E-state index contributed by atoms with van der Waals surface area (Å²) in [4.78, 5) is 94.9. The Morgan fingerprint density at radius 1 is 0.566 bits per heavy atom. The number of fused-ring (bicyclic) bond motifs is 6. The maximum absolute atomic E-state index is 14.4. The number of hydrogen-bond donors (Lipinski definition) is 5. The van der Waals surface area contributed by atoms with Gasteiger partial charge in [-0.1, -0.05) is 109 Å². The number of rotatable bonds is 41. The Hall–Kier alpha value is -12.0. The Morgan fingerprint density at radius 2 is 1.10 bits per heavy atom. The highest BCUT2D eigenvalue weighted by Gasteiger charge is 2.41. The van der Waals surface area contributed by atoms with E-state index in [2.05, 4.69) is 87.0 Å². The number of carbonyl (C=O) groups excluding carboxylic acids is 6. The lowest BCUT2D eigenvalue weighted by molar-refractivity contribution is -0.916. The van der Waals surface area contributed by atoms with Gasteiger partial charge < -0.3 is 91.2 Å². The van der Waals surface area contributed by atoms with Crippen LogP contribution < -0.4 is 42.7 Å². The summed E-state index contributed by atoms with van der Waals surface area (Å²) in [6.45, 7) is 20.8. The number of methoxy groups -OCH3 is 2. The van der Waals surface area contributed by atoms with Gasteiger partial charge in [0.25, 0.3) is 29.5 Å². The van der Waals surface area contributed by atoms with Gasteiger partial charge >= 0.3 is 10.4 Å². The van der Waals surface area contributed by atoms with Crippen LogP contribution in [0.25, 0.3) is 0 Å². The standard InChI is InChI=1S/C102H123N11O22S/c1-99(2,56-105-95(119)69-25-21-64(22-26-69)46-112-91(116)31-32-92(112)117)60-129-63-102(7,8)62-127-55-75-49-109(108-107-75)58-101(5,6)61-128-59-100(3,4)57-106-96(120)72-27-30-84(132-93-43-83(115)94(118)90(52-114)133-93)89(38-72)135-136(123,124)134-78-28-23-65(24-29-78)50-113(9,10)51-66-33-67(53-130-87-41-81-79(39-85(87)125-11)97(121)110-47-73-19-15-13-17-70(73)36-76(110)44-103-81)35-68(34-66)54-131-88-42-82-80(40-86(88)126-12)98(122)111-48-74-20-16-14-18-71(74)37-77(111)45-104-82/h13-20,23-24,27-35,38-42,44-45,49,64,69,76-77,83,90,93-94,114-115,118H,21-22,25-26,36-37,43,46-48,50-63H2,1-12H3,(H-,105,106,119,120)/p+1/t64?,69?,76-,77-,83+,90+,93+,94+/m0/s1. The molecule has 6 atom stereocenters. The SMILES string of the molecule is COc1cc2c(cc1OCc1cc(COc3cc4c(cc3OC)C(=O)N3Cc5ccccc5C[C@H]3C=N4)cc(C[N+](C)(C)Cc3ccc(OS(=O)(=O)Oc4cc(C(=O)NCC(C)(C)COCC(C)(C)Cn5cc(COCC(C)(C)COCC(C)(C)CNC(=O)C6CCC(CN7C(=O)C=CC7=O)CC6)nn5)ccc4O[C@H]4C[C@@H](O)[C@@H](O)[C@@H](CO)O4)cc3)c1)N=C[C@@H]1Cc3ccccc3CN1C2=O. The van der Waals surface area contributed by atoms with Gasteiger partial charge in [-0.05, 0) is 151 Å². The molecule has 0 spiro atoms. The number of aliphatic hydroxyl groups is 3. The van der Waals surface area contributed by atoms with Crippen LogP contribution in [0.1, 0.15) is 169 Å². The van der Waals surface area contributed by atoms with Crippen molar-refractivity contribution in [2.45, 2.75) is 190 Å². The molecule has 5 N–H and O–H groups in total. The zero-order valence-electron chi connectivity index (χ0n) is 79.2. The number of aliphatic imine (C=N–C) groups is 2. The minimum atomic E-state index is -5.04. The highest BCUT2D eigenvalue weighted by molar-refractivity contribution is 7.82. The normalized spacial score (nSPS) is 20.0. The minimum Gasteiger partial charge on any atom is -0.493 e. The Morgan fingerprint density at radius 3 is 1.66 bits per heavy atom. The van der Waals surface area contributed by atoms with Crippen molar-refractivity contribution in [3.05, 3.63) is 219 Å². The summed E-state index contributed by atoms with van der Waals surface area (Å²) in [7, 11) is 2.13. The zero-order chi connectivity index (χ0) is 96.6. The molecule has 6 amide bonds. The predicted octanol–water partition coefficient (Wildman–Crippen LogP) is 11.6. The summed E-state index contributed by atoms with van der Waals surface area (Å²) in [6, 6.07) is 39.0. The Bertz CT molecular complexity index is 5740. The molecule has 1 saturated heterocycles. The number of aliphatic hydroxyl groups excluding tert-OH is 3. The number of quaternary nitrogens is 1. The van der Waals surface area contributed by atoms with Crippen molar-refractivity contribution < 1.29 is 108 Å². The molecule has 2 fully saturated rings. The van der Waals surface area contributed by atoms with Gasteiger partial charge in [0.1, 0.15) is 50.0 Å². The average Bonchev–Trinajstić information content (AvgIpc) is 1.59. The molecular weight excluding hydrogens is 1760 g/mol. The highest BCUT2D eigenvalue weighted by atomic mass is 32.3. The van der Waals surface area contributed by atoms with Crippen LogP contribution in [0.15, 0.2) is 162 Å². The number of amides is 6. The van der Waals surface area contributed by atoms with Crippen molar-refractivity contribution in [3.63, 3.8) is 0 Å². The Balaban J connectivity index is 0.552. The number of imide groups is 1. The van der Waals surface area contributed by atoms with Gasteiger partial charge in [-0.25, -0.2) is 0 Å². The van der Waals surface area contributed by atoms with E-state index >= 15 is 0 Å². The van der Waals surface area contributed by atoms with E-state index < -0.39 is 64.1 Å². The van der Waals surface area contributed by atoms with Crippen LogP contribution in [-0.2, 0) is 109 Å². The highest BCUT2D eigenvalue weighted by Crippen LogP contribution is 2.44. The van der Waals surface area contributed by atoms with E-state index in [9.17, 15) is 52.5 Å². The maximum atomic E-state index is 14.4. The van der Waals surface area contributed by atoms with E-state index in [0.717, 1.165) is 52.3 Å². The van der Waals surface area contributed by atoms with E-state index in [0.29, 0.717) is 154 Å². The second-order valence-corrected chi connectivity index (χ2v) is 41.5. The van der Waals surface area contributed by atoms with Crippen molar-refractivity contribution in [1.29, 1.82) is 0 Å². The molecule has 33 nitrogen and oxygen atoms in total. The van der Waals surface area contributed by atoms with Crippen LogP contribution in [0.5, 0.6) is 40.2 Å². The first-order valence-corrected chi connectivity index (χ1v) is 47.5. The molecule has 6 aliphatic heterocycles. The maximum Gasteiger partial charge on any atom is 0.501 e. The van der Waals surface area contributed by atoms with E-state index in [4.69, 9.17) is 61.0 Å². The average molecular weight is 1890 g/mol. The molecule has 0 radical (unpaired) electrons. The van der Waals surface area contributed by atoms with Gasteiger partial charge in [0.05, 0.1) is 121 Å². The van der Waals surface area contributed by atoms with Crippen LogP contribution in [-0.4, -0.2) is 230 Å². The van der Waals surface area contributed by atoms with Crippen LogP contribution in [0, 0.1) is 33.5 Å². The summed E-state index contributed by atoms with van der Waals surface area (Å²) in [5, 5.41) is 46.1. The van der Waals surface area contributed by atoms with Crippen molar-refractivity contribution in [1.82, 2.24) is 40.3 Å². The van der Waals surface area contributed by atoms with Gasteiger partial charge in [0.2, 0.25) is 12.2 Å². The fraction of sp³-hybridized carbons (Fsp3) is 0.471. The van der Waals surface area contributed by atoms with Gasteiger partial charge in [-0.2, -0.15) is 0 Å². The summed E-state index contributed by atoms with van der Waals surface area (Å²) in [5.41, 5.74) is 8.43. The van der Waals surface area contributed by atoms with Crippen LogP contribution in [0.2, 0.25) is 0 Å². The quantitative estimate of drug-likeness (QED) is 0.0175. The third-order valence-corrected chi connectivity index (χ3v) is 26.2. The predicted molar refractivity (Wildman–Crippen MR) is 504 cm³/mol. The van der Waals surface area contributed by atoms with E-state index in [-0.39, 0.29) is 121 Å². The molecule has 34 heteroatoms. The Kier molecular flexibility index (Phi) is 30.4. The van der Waals surface area contributed by atoms with Crippen LogP contribution >= 0.6 is 0 Å². The number of ether oxygens (including phenoxy) is 9. The fourth-order valence-electron chi connectivity index (χ4n) is 18.2. The third-order valence-electron chi connectivity index (χ3n) is 25.4. The Labute approximate surface area is 793 Å². The summed E-state index contributed by atoms with van der Waals surface area (Å²) in [6.07, 6.45) is 6.68. The molecule has 1 aliphatic carbocycles. The lowest BCUT2D eigenvalue weighted by atomic mass is 9.81. The first-order valence-electron chi connectivity index (χ1n) is 46.2. The van der Waals surface area contributed by atoms with Crippen molar-refractivity contribution in [2.75, 3.05) is 87.6 Å². The summed E-state index contributed by atoms with van der Waals surface area (Å²) >= 11 is 0. The molecule has 0 unspecified atom stereocenters. The van der Waals surface area contributed by atoms with Gasteiger partial charge in [0, 0.05) is 127 Å². The first-order chi connectivity index (χ1) is 64.8. The molecule has 7 aromatic carbocycles. The van der Waals surface area contributed by atoms with E-state index in [1.54, 1.807) is 41.1 Å². The first kappa shape index (κ1) is 98.5. The van der Waals surface area contributed by atoms with E-state index in [1.807, 2.05) is 98.6 Å². The van der Waals surface area contributed by atoms with Crippen molar-refractivity contribution in [3.8, 4) is 40.2 Å². The molecule has 0 bridgehead atoms. The van der Waals surface area contributed by atoms with Crippen LogP contribution in [0.4, 0.5) is 11.4 Å². The summed E-state index contributed by atoms with van der Waals surface area (Å²) < 4.78 is 97.3. The molecule has 724 valence electrons. The minimum absolute atomic E-state index is 0.0168. The molecule has 1 aromatic heterocycles. The van der Waals surface area contributed by atoms with Crippen molar-refractivity contribution in [2.24, 2.45) is 43.5 Å². The van der Waals surface area contributed by atoms with Gasteiger partial charge in [0.15, 0.2) is 34.5 Å². The zero-order valence-corrected chi connectivity index (χ0v) is 80.0. The monoisotopic (exact) mass is 1890 g/mol. The molecule has 15 rings (SSSR count). The second kappa shape index (κ2) is 41.9. The lowest BCUT2D eigenvalue weighted by Gasteiger charge is -2.36. The second-order valence-electron chi connectivity index (χ2n) is 40.4. The molecule has 8 aromatic rings. The summed E-state index contributed by atoms with van der Waals surface area (Å²) in [5.74, 6) is -0.733. The number of nitrogens with zero attached hydrogens (tertiary/aromatic N) is 9. The molecular formula is C102H124N11O22S+. The third kappa shape index (κ3) is 25.1.